The number of hydrogen-bond acceptors (Lipinski definition) is 3. The maximum absolute atomic E-state index is 10.7. The third-order valence-electron chi connectivity index (χ3n) is 1.69. The molecule has 1 heterocycles. The zero-order valence-electron chi connectivity index (χ0n) is 7.56. The van der Waals surface area contributed by atoms with Crippen LogP contribution in [0.4, 0.5) is 0 Å². The van der Waals surface area contributed by atoms with Gasteiger partial charge >= 0.3 is 5.97 Å². The molecular weight excluding hydrogens is 188 g/mol. The van der Waals surface area contributed by atoms with Crippen molar-refractivity contribution in [3.05, 3.63) is 17.7 Å². The molecule has 0 aliphatic rings. The molecular formula is C8H12N2O2S. The molecule has 0 radical (unpaired) electrons. The number of carbonyl (C=O) groups is 1. The van der Waals surface area contributed by atoms with E-state index in [1.165, 1.54) is 0 Å². The lowest BCUT2D eigenvalue weighted by atomic mass is 10.4. The fourth-order valence-electron chi connectivity index (χ4n) is 1.07. The summed E-state index contributed by atoms with van der Waals surface area (Å²) in [5.74, 6) is -0.458. The van der Waals surface area contributed by atoms with Crippen LogP contribution in [0.1, 0.15) is 36.2 Å². The summed E-state index contributed by atoms with van der Waals surface area (Å²) in [6.07, 6.45) is 1.72. The van der Waals surface area contributed by atoms with E-state index >= 15 is 0 Å². The number of hydrogen-bond donors (Lipinski definition) is 2. The van der Waals surface area contributed by atoms with Gasteiger partial charge in [0.05, 0.1) is 5.69 Å². The van der Waals surface area contributed by atoms with Gasteiger partial charge in [-0.3, -0.25) is 0 Å². The van der Waals surface area contributed by atoms with E-state index in [1.807, 2.05) is 13.8 Å². The highest BCUT2D eigenvalue weighted by Crippen LogP contribution is 2.12. The second-order valence-electron chi connectivity index (χ2n) is 3.02. The SMILES string of the molecule is CC(C)n1cc(CS)nc1C(=O)O. The van der Waals surface area contributed by atoms with Crippen molar-refractivity contribution in [3.63, 3.8) is 0 Å². The van der Waals surface area contributed by atoms with E-state index in [0.29, 0.717) is 11.4 Å². The Morgan fingerprint density at radius 2 is 2.38 bits per heavy atom. The zero-order valence-corrected chi connectivity index (χ0v) is 8.45. The standard InChI is InChI=1S/C8H12N2O2S/c1-5(2)10-3-6(4-13)9-7(10)8(11)12/h3,5,13H,4H2,1-2H3,(H,11,12). The van der Waals surface area contributed by atoms with Crippen LogP contribution in [0.15, 0.2) is 6.20 Å². The summed E-state index contributed by atoms with van der Waals surface area (Å²) in [6.45, 7) is 3.83. The maximum atomic E-state index is 10.7. The first-order valence-electron chi connectivity index (χ1n) is 3.98. The van der Waals surface area contributed by atoms with E-state index in [-0.39, 0.29) is 11.9 Å². The Balaban J connectivity index is 3.15. The molecule has 5 heteroatoms. The van der Waals surface area contributed by atoms with Crippen LogP contribution < -0.4 is 0 Å². The molecule has 0 unspecified atom stereocenters. The minimum atomic E-state index is -0.998. The Labute approximate surface area is 82.0 Å². The van der Waals surface area contributed by atoms with Crippen LogP contribution in [0.5, 0.6) is 0 Å². The summed E-state index contributed by atoms with van der Waals surface area (Å²) in [7, 11) is 0. The van der Waals surface area contributed by atoms with Crippen LogP contribution in [0.25, 0.3) is 0 Å². The number of rotatable bonds is 3. The van der Waals surface area contributed by atoms with Gasteiger partial charge in [-0.15, -0.1) is 0 Å². The molecule has 13 heavy (non-hydrogen) atoms. The van der Waals surface area contributed by atoms with Crippen molar-refractivity contribution < 1.29 is 9.90 Å². The van der Waals surface area contributed by atoms with Crippen LogP contribution in [0.2, 0.25) is 0 Å². The lowest BCUT2D eigenvalue weighted by Crippen LogP contribution is -2.10. The third-order valence-corrected chi connectivity index (χ3v) is 2.02. The van der Waals surface area contributed by atoms with Crippen LogP contribution in [-0.2, 0) is 5.75 Å². The van der Waals surface area contributed by atoms with Crippen molar-refractivity contribution in [2.45, 2.75) is 25.6 Å². The van der Waals surface area contributed by atoms with E-state index < -0.39 is 5.97 Å². The normalized spacial score (nSPS) is 10.8. The number of thiol groups is 1. The molecule has 0 atom stereocenters. The van der Waals surface area contributed by atoms with Crippen molar-refractivity contribution in [1.29, 1.82) is 0 Å². The Kier molecular flexibility index (Phi) is 2.98. The minimum absolute atomic E-state index is 0.0825. The van der Waals surface area contributed by atoms with E-state index in [4.69, 9.17) is 5.11 Å². The summed E-state index contributed by atoms with van der Waals surface area (Å²) in [5.41, 5.74) is 0.689. The smallest absolute Gasteiger partial charge is 0.372 e. The summed E-state index contributed by atoms with van der Waals surface area (Å²) >= 11 is 4.04. The molecule has 1 aromatic rings. The average Bonchev–Trinajstić information content (AvgIpc) is 2.47. The lowest BCUT2D eigenvalue weighted by molar-refractivity contribution is 0.0676. The molecule has 0 saturated heterocycles. The van der Waals surface area contributed by atoms with Gasteiger partial charge in [0.25, 0.3) is 0 Å². The van der Waals surface area contributed by atoms with Crippen LogP contribution in [0, 0.1) is 0 Å². The van der Waals surface area contributed by atoms with Crippen LogP contribution in [-0.4, -0.2) is 20.6 Å². The Bertz CT molecular complexity index is 320. The van der Waals surface area contributed by atoms with Gasteiger partial charge < -0.3 is 9.67 Å². The fraction of sp³-hybridized carbons (Fsp3) is 0.500. The van der Waals surface area contributed by atoms with Crippen molar-refractivity contribution >= 4 is 18.6 Å². The summed E-state index contributed by atoms with van der Waals surface area (Å²) in [4.78, 5) is 14.7. The fourth-order valence-corrected chi connectivity index (χ4v) is 1.22. The highest BCUT2D eigenvalue weighted by Gasteiger charge is 2.15. The zero-order chi connectivity index (χ0) is 10.0. The largest absolute Gasteiger partial charge is 0.475 e. The Morgan fingerprint density at radius 3 is 2.69 bits per heavy atom. The predicted molar refractivity (Wildman–Crippen MR) is 52.3 cm³/mol. The van der Waals surface area contributed by atoms with E-state index in [2.05, 4.69) is 17.6 Å². The molecule has 0 saturated carbocycles. The number of aromatic nitrogens is 2. The molecule has 0 bridgehead atoms. The van der Waals surface area contributed by atoms with Crippen molar-refractivity contribution in [1.82, 2.24) is 9.55 Å². The quantitative estimate of drug-likeness (QED) is 0.728. The highest BCUT2D eigenvalue weighted by molar-refractivity contribution is 7.79. The first kappa shape index (κ1) is 10.1. The molecule has 0 aromatic carbocycles. The minimum Gasteiger partial charge on any atom is -0.475 e. The first-order valence-corrected chi connectivity index (χ1v) is 4.61. The topological polar surface area (TPSA) is 55.1 Å². The number of carboxylic acid groups (broad SMARTS) is 1. The lowest BCUT2D eigenvalue weighted by Gasteiger charge is -2.07. The second kappa shape index (κ2) is 3.83. The van der Waals surface area contributed by atoms with Gasteiger partial charge in [-0.2, -0.15) is 12.6 Å². The Hall–Kier alpha value is -0.970. The molecule has 0 amide bonds. The molecule has 0 fully saturated rings. The predicted octanol–water partition coefficient (Wildman–Crippen LogP) is 1.59. The van der Waals surface area contributed by atoms with Crippen LogP contribution in [0.3, 0.4) is 0 Å². The number of imidazole rings is 1. The summed E-state index contributed by atoms with van der Waals surface area (Å²) in [6, 6.07) is 0.104. The van der Waals surface area contributed by atoms with Crippen molar-refractivity contribution in [2.24, 2.45) is 0 Å². The third kappa shape index (κ3) is 2.03. The monoisotopic (exact) mass is 200 g/mol. The molecule has 72 valence electrons. The van der Waals surface area contributed by atoms with Gasteiger partial charge in [-0.1, -0.05) is 0 Å². The molecule has 0 aliphatic heterocycles. The second-order valence-corrected chi connectivity index (χ2v) is 3.34. The summed E-state index contributed by atoms with van der Waals surface area (Å²) in [5, 5.41) is 8.82. The van der Waals surface area contributed by atoms with Gasteiger partial charge in [0.15, 0.2) is 0 Å². The molecule has 0 aliphatic carbocycles. The van der Waals surface area contributed by atoms with Crippen LogP contribution >= 0.6 is 12.6 Å². The van der Waals surface area contributed by atoms with E-state index in [9.17, 15) is 4.79 Å². The van der Waals surface area contributed by atoms with Gasteiger partial charge in [-0.25, -0.2) is 9.78 Å². The molecule has 1 rings (SSSR count). The molecule has 0 spiro atoms. The molecule has 1 N–H and O–H groups in total. The highest BCUT2D eigenvalue weighted by atomic mass is 32.1. The molecule has 1 aromatic heterocycles. The number of nitrogens with zero attached hydrogens (tertiary/aromatic N) is 2. The average molecular weight is 200 g/mol. The van der Waals surface area contributed by atoms with E-state index in [0.717, 1.165) is 0 Å². The summed E-state index contributed by atoms with van der Waals surface area (Å²) < 4.78 is 1.63. The van der Waals surface area contributed by atoms with Gasteiger partial charge in [0, 0.05) is 18.0 Å². The van der Waals surface area contributed by atoms with Crippen molar-refractivity contribution in [3.8, 4) is 0 Å². The van der Waals surface area contributed by atoms with Gasteiger partial charge in [0.1, 0.15) is 0 Å². The van der Waals surface area contributed by atoms with E-state index in [1.54, 1.807) is 10.8 Å². The van der Waals surface area contributed by atoms with Crippen molar-refractivity contribution in [2.75, 3.05) is 0 Å². The first-order chi connectivity index (χ1) is 6.06. The van der Waals surface area contributed by atoms with Gasteiger partial charge in [0.2, 0.25) is 5.82 Å². The molecule has 4 nitrogen and oxygen atoms in total. The van der Waals surface area contributed by atoms with Gasteiger partial charge in [-0.05, 0) is 13.8 Å². The number of carboxylic acids is 1. The number of aromatic carboxylic acids is 1. The Morgan fingerprint density at radius 1 is 1.77 bits per heavy atom. The maximum Gasteiger partial charge on any atom is 0.372 e.